The molecule has 2 heterocycles. The lowest BCUT2D eigenvalue weighted by molar-refractivity contribution is -0.138. The second-order valence-corrected chi connectivity index (χ2v) is 8.17. The molecule has 6 nitrogen and oxygen atoms in total. The summed E-state index contributed by atoms with van der Waals surface area (Å²) in [5, 5.41) is 8.98. The number of likely N-dealkylation sites (tertiary alicyclic amines) is 1. The van der Waals surface area contributed by atoms with Gasteiger partial charge in [0.2, 0.25) is 5.91 Å². The van der Waals surface area contributed by atoms with Crippen LogP contribution in [0.3, 0.4) is 0 Å². The third-order valence-electron chi connectivity index (χ3n) is 5.19. The zero-order valence-electron chi connectivity index (χ0n) is 15.7. The van der Waals surface area contributed by atoms with E-state index in [0.717, 1.165) is 50.3 Å². The Balaban J connectivity index is 0.00000261. The molecular weight excluding hydrogens is 386 g/mol. The fourth-order valence-electron chi connectivity index (χ4n) is 3.78. The van der Waals surface area contributed by atoms with E-state index in [9.17, 15) is 9.59 Å². The van der Waals surface area contributed by atoms with Crippen molar-refractivity contribution in [2.24, 2.45) is 0 Å². The zero-order valence-corrected chi connectivity index (χ0v) is 17.3. The van der Waals surface area contributed by atoms with Gasteiger partial charge in [0.1, 0.15) is 0 Å². The number of para-hydroxylation sites is 1. The van der Waals surface area contributed by atoms with Crippen LogP contribution in [-0.2, 0) is 9.59 Å². The lowest BCUT2D eigenvalue weighted by atomic mass is 10.1. The Morgan fingerprint density at radius 2 is 2.00 bits per heavy atom. The molecule has 0 saturated carbocycles. The molecule has 2 aliphatic rings. The fourth-order valence-corrected chi connectivity index (χ4v) is 4.78. The first-order valence-electron chi connectivity index (χ1n) is 9.21. The third kappa shape index (κ3) is 5.85. The maximum absolute atomic E-state index is 12.9. The van der Waals surface area contributed by atoms with Gasteiger partial charge in [-0.3, -0.25) is 19.4 Å². The number of carboxylic acids is 1. The highest BCUT2D eigenvalue weighted by molar-refractivity contribution is 7.99. The van der Waals surface area contributed by atoms with Gasteiger partial charge in [-0.2, -0.15) is 0 Å². The Bertz CT molecular complexity index is 661. The van der Waals surface area contributed by atoms with E-state index in [0.29, 0.717) is 6.54 Å². The molecular formula is C19H28ClN3O3S. The van der Waals surface area contributed by atoms with Crippen LogP contribution in [0.2, 0.25) is 0 Å². The summed E-state index contributed by atoms with van der Waals surface area (Å²) in [5.41, 5.74) is 1.03. The summed E-state index contributed by atoms with van der Waals surface area (Å²) < 4.78 is 0. The number of likely N-dealkylation sites (N-methyl/N-ethyl adjacent to an activating group) is 1. The molecule has 1 atom stereocenters. The van der Waals surface area contributed by atoms with Crippen LogP contribution >= 0.6 is 24.2 Å². The number of aliphatic carboxylic acids is 1. The van der Waals surface area contributed by atoms with Crippen molar-refractivity contribution in [3.63, 3.8) is 0 Å². The molecule has 0 aliphatic carbocycles. The second-order valence-electron chi connectivity index (χ2n) is 7.03. The molecule has 27 heavy (non-hydrogen) atoms. The van der Waals surface area contributed by atoms with Gasteiger partial charge in [0.05, 0.1) is 18.8 Å². The number of thioether (sulfide) groups is 1. The van der Waals surface area contributed by atoms with Crippen LogP contribution in [-0.4, -0.2) is 78.3 Å². The highest BCUT2D eigenvalue weighted by Crippen LogP contribution is 2.34. The van der Waals surface area contributed by atoms with Gasteiger partial charge >= 0.3 is 5.97 Å². The molecule has 0 spiro atoms. The summed E-state index contributed by atoms with van der Waals surface area (Å²) in [6.07, 6.45) is 2.88. The molecule has 1 aromatic rings. The van der Waals surface area contributed by atoms with Crippen molar-refractivity contribution in [1.29, 1.82) is 0 Å². The molecule has 1 aromatic carbocycles. The maximum Gasteiger partial charge on any atom is 0.317 e. The SMILES string of the molecule is CN(CC(=O)O)C1CCCN(CC(=O)N2CCSc3ccccc32)CC1.Cl. The van der Waals surface area contributed by atoms with E-state index in [-0.39, 0.29) is 30.9 Å². The number of carboxylic acid groups (broad SMARTS) is 1. The van der Waals surface area contributed by atoms with E-state index < -0.39 is 5.97 Å². The van der Waals surface area contributed by atoms with Crippen molar-refractivity contribution in [2.45, 2.75) is 30.2 Å². The van der Waals surface area contributed by atoms with Gasteiger partial charge in [-0.15, -0.1) is 24.2 Å². The number of benzene rings is 1. The molecule has 3 rings (SSSR count). The van der Waals surface area contributed by atoms with Gasteiger partial charge in [0.15, 0.2) is 0 Å². The number of halogens is 1. The van der Waals surface area contributed by atoms with Crippen LogP contribution < -0.4 is 4.90 Å². The van der Waals surface area contributed by atoms with Gasteiger partial charge in [0, 0.05) is 29.8 Å². The van der Waals surface area contributed by atoms with E-state index in [1.165, 1.54) is 4.90 Å². The van der Waals surface area contributed by atoms with Crippen LogP contribution in [0.5, 0.6) is 0 Å². The fraction of sp³-hybridized carbons (Fsp3) is 0.579. The van der Waals surface area contributed by atoms with Crippen LogP contribution in [0, 0.1) is 0 Å². The standard InChI is InChI=1S/C19H27N3O3S.ClH/c1-20(14-19(24)25)15-5-4-9-21(10-8-15)13-18(23)22-11-12-26-17-7-3-2-6-16(17)22;/h2-3,6-7,15H,4-5,8-14H2,1H3,(H,24,25);1H. The Hall–Kier alpha value is -1.28. The van der Waals surface area contributed by atoms with Crippen LogP contribution in [0.4, 0.5) is 5.69 Å². The summed E-state index contributed by atoms with van der Waals surface area (Å²) in [6.45, 7) is 3.01. The molecule has 0 bridgehead atoms. The number of fused-ring (bicyclic) bond motifs is 1. The van der Waals surface area contributed by atoms with Gasteiger partial charge in [-0.25, -0.2) is 0 Å². The summed E-state index contributed by atoms with van der Waals surface area (Å²) in [7, 11) is 1.88. The van der Waals surface area contributed by atoms with Crippen LogP contribution in [0.15, 0.2) is 29.2 Å². The molecule has 0 radical (unpaired) electrons. The molecule has 1 amide bonds. The van der Waals surface area contributed by atoms with Crippen LogP contribution in [0.25, 0.3) is 0 Å². The quantitative estimate of drug-likeness (QED) is 0.799. The monoisotopic (exact) mass is 413 g/mol. The van der Waals surface area contributed by atoms with E-state index in [1.54, 1.807) is 11.8 Å². The first-order valence-corrected chi connectivity index (χ1v) is 10.2. The number of hydrogen-bond donors (Lipinski definition) is 1. The Morgan fingerprint density at radius 1 is 1.22 bits per heavy atom. The second kappa shape index (κ2) is 10.3. The van der Waals surface area contributed by atoms with E-state index in [1.807, 2.05) is 35.0 Å². The van der Waals surface area contributed by atoms with E-state index in [2.05, 4.69) is 11.0 Å². The lowest BCUT2D eigenvalue weighted by Gasteiger charge is -2.31. The number of amides is 1. The summed E-state index contributed by atoms with van der Waals surface area (Å²) in [6, 6.07) is 8.38. The number of rotatable bonds is 5. The van der Waals surface area contributed by atoms with Crippen molar-refractivity contribution in [3.8, 4) is 0 Å². The van der Waals surface area contributed by atoms with Crippen molar-refractivity contribution < 1.29 is 14.7 Å². The Morgan fingerprint density at radius 3 is 2.78 bits per heavy atom. The molecule has 150 valence electrons. The molecule has 1 fully saturated rings. The Labute approximate surface area is 171 Å². The first kappa shape index (κ1) is 22.0. The molecule has 2 aliphatic heterocycles. The van der Waals surface area contributed by atoms with Crippen molar-refractivity contribution in [2.75, 3.05) is 50.4 Å². The van der Waals surface area contributed by atoms with Gasteiger partial charge in [0.25, 0.3) is 0 Å². The number of nitrogens with zero attached hydrogens (tertiary/aromatic N) is 3. The molecule has 1 saturated heterocycles. The average Bonchev–Trinajstić information content (AvgIpc) is 2.86. The Kier molecular flexibility index (Phi) is 8.41. The van der Waals surface area contributed by atoms with Crippen LogP contribution in [0.1, 0.15) is 19.3 Å². The van der Waals surface area contributed by atoms with Gasteiger partial charge in [-0.1, -0.05) is 12.1 Å². The highest BCUT2D eigenvalue weighted by Gasteiger charge is 2.26. The number of anilines is 1. The van der Waals surface area contributed by atoms with Crippen molar-refractivity contribution in [1.82, 2.24) is 9.80 Å². The maximum atomic E-state index is 12.9. The first-order chi connectivity index (χ1) is 12.5. The van der Waals surface area contributed by atoms with Crippen molar-refractivity contribution >= 4 is 41.7 Å². The molecule has 8 heteroatoms. The number of hydrogen-bond acceptors (Lipinski definition) is 5. The number of carbonyl (C=O) groups is 2. The largest absolute Gasteiger partial charge is 0.480 e. The summed E-state index contributed by atoms with van der Waals surface area (Å²) >= 11 is 1.81. The van der Waals surface area contributed by atoms with E-state index >= 15 is 0 Å². The van der Waals surface area contributed by atoms with Gasteiger partial charge < -0.3 is 10.0 Å². The minimum atomic E-state index is -0.787. The predicted molar refractivity (Wildman–Crippen MR) is 111 cm³/mol. The molecule has 1 N–H and O–H groups in total. The zero-order chi connectivity index (χ0) is 18.5. The highest BCUT2D eigenvalue weighted by atomic mass is 35.5. The smallest absolute Gasteiger partial charge is 0.317 e. The third-order valence-corrected chi connectivity index (χ3v) is 6.23. The summed E-state index contributed by atoms with van der Waals surface area (Å²) in [5.74, 6) is 0.311. The normalized spacial score (nSPS) is 20.5. The topological polar surface area (TPSA) is 64.1 Å². The van der Waals surface area contributed by atoms with E-state index in [4.69, 9.17) is 5.11 Å². The molecule has 1 unspecified atom stereocenters. The number of carbonyl (C=O) groups excluding carboxylic acids is 1. The van der Waals surface area contributed by atoms with Crippen molar-refractivity contribution in [3.05, 3.63) is 24.3 Å². The minimum Gasteiger partial charge on any atom is -0.480 e. The van der Waals surface area contributed by atoms with Gasteiger partial charge in [-0.05, 0) is 45.0 Å². The lowest BCUT2D eigenvalue weighted by Crippen LogP contribution is -2.43. The minimum absolute atomic E-state index is 0. The molecule has 0 aromatic heterocycles. The average molecular weight is 414 g/mol. The summed E-state index contributed by atoms with van der Waals surface area (Å²) in [4.78, 5) is 31.1. The predicted octanol–water partition coefficient (Wildman–Crippen LogP) is 2.42.